The van der Waals surface area contributed by atoms with Crippen LogP contribution in [0, 0.1) is 13.8 Å². The first-order valence-electron chi connectivity index (χ1n) is 6.35. The summed E-state index contributed by atoms with van der Waals surface area (Å²) in [6.07, 6.45) is 1.86. The summed E-state index contributed by atoms with van der Waals surface area (Å²) in [6.45, 7) is 5.21. The molecule has 0 aliphatic carbocycles. The van der Waals surface area contributed by atoms with Crippen molar-refractivity contribution >= 4 is 0 Å². The van der Waals surface area contributed by atoms with Crippen LogP contribution in [0.5, 0.6) is 0 Å². The molecule has 2 rings (SSSR count). The number of hydrogen-bond acceptors (Lipinski definition) is 2. The van der Waals surface area contributed by atoms with Crippen molar-refractivity contribution in [3.05, 3.63) is 65.0 Å². The molecule has 1 N–H and O–H groups in total. The van der Waals surface area contributed by atoms with Gasteiger partial charge in [-0.3, -0.25) is 4.98 Å². The van der Waals surface area contributed by atoms with Crippen LogP contribution in [-0.2, 0) is 0 Å². The summed E-state index contributed by atoms with van der Waals surface area (Å²) in [5.41, 5.74) is 5.12. The Labute approximate surface area is 109 Å². The van der Waals surface area contributed by atoms with Crippen molar-refractivity contribution in [1.29, 1.82) is 0 Å². The van der Waals surface area contributed by atoms with E-state index < -0.39 is 0 Å². The molecule has 0 spiro atoms. The summed E-state index contributed by atoms with van der Waals surface area (Å²) in [6, 6.07) is 12.7. The van der Waals surface area contributed by atoms with Crippen LogP contribution in [0.4, 0.5) is 0 Å². The van der Waals surface area contributed by atoms with E-state index in [4.69, 9.17) is 0 Å². The van der Waals surface area contributed by atoms with E-state index in [1.54, 1.807) is 0 Å². The van der Waals surface area contributed by atoms with Crippen LogP contribution in [-0.4, -0.2) is 18.6 Å². The Balaban J connectivity index is 2.41. The number of pyridine rings is 1. The number of aryl methyl sites for hydroxylation is 2. The predicted molar refractivity (Wildman–Crippen MR) is 75.9 cm³/mol. The van der Waals surface area contributed by atoms with Gasteiger partial charge in [-0.15, -0.1) is 0 Å². The number of hydrogen-bond donors (Lipinski definition) is 1. The van der Waals surface area contributed by atoms with Gasteiger partial charge in [-0.2, -0.15) is 0 Å². The first-order valence-corrected chi connectivity index (χ1v) is 6.35. The third-order valence-electron chi connectivity index (χ3n) is 3.25. The van der Waals surface area contributed by atoms with Crippen LogP contribution in [0.15, 0.2) is 42.6 Å². The Morgan fingerprint density at radius 1 is 1.17 bits per heavy atom. The van der Waals surface area contributed by atoms with Crippen molar-refractivity contribution in [2.24, 2.45) is 0 Å². The van der Waals surface area contributed by atoms with Crippen LogP contribution < -0.4 is 5.32 Å². The number of nitrogens with one attached hydrogen (secondary N) is 1. The maximum atomic E-state index is 4.50. The van der Waals surface area contributed by atoms with Gasteiger partial charge < -0.3 is 5.32 Å². The molecule has 2 aromatic rings. The molecular weight excluding hydrogens is 220 g/mol. The molecule has 0 amide bonds. The Bertz CT molecular complexity index is 506. The summed E-state index contributed by atoms with van der Waals surface area (Å²) >= 11 is 0. The average Bonchev–Trinajstić information content (AvgIpc) is 2.38. The van der Waals surface area contributed by atoms with Gasteiger partial charge in [0.25, 0.3) is 0 Å². The summed E-state index contributed by atoms with van der Waals surface area (Å²) in [7, 11) is 1.99. The molecule has 0 saturated carbocycles. The second-order valence-corrected chi connectivity index (χ2v) is 4.72. The van der Waals surface area contributed by atoms with E-state index in [1.165, 1.54) is 16.7 Å². The highest BCUT2D eigenvalue weighted by atomic mass is 14.8. The lowest BCUT2D eigenvalue weighted by Gasteiger charge is -2.19. The lowest BCUT2D eigenvalue weighted by molar-refractivity contribution is 0.688. The van der Waals surface area contributed by atoms with Gasteiger partial charge >= 0.3 is 0 Å². The molecule has 94 valence electrons. The van der Waals surface area contributed by atoms with Crippen LogP contribution in [0.2, 0.25) is 0 Å². The Kier molecular flexibility index (Phi) is 4.11. The number of nitrogens with zero attached hydrogens (tertiary/aromatic N) is 1. The summed E-state index contributed by atoms with van der Waals surface area (Å²) in [4.78, 5) is 4.50. The van der Waals surface area contributed by atoms with Gasteiger partial charge in [-0.1, -0.05) is 29.8 Å². The number of likely N-dealkylation sites (N-methyl/N-ethyl adjacent to an activating group) is 1. The maximum absolute atomic E-state index is 4.50. The van der Waals surface area contributed by atoms with E-state index in [0.29, 0.717) is 5.92 Å². The second kappa shape index (κ2) is 5.78. The fourth-order valence-electron chi connectivity index (χ4n) is 2.38. The topological polar surface area (TPSA) is 24.9 Å². The minimum Gasteiger partial charge on any atom is -0.319 e. The molecule has 1 unspecified atom stereocenters. The fourth-order valence-corrected chi connectivity index (χ4v) is 2.38. The largest absolute Gasteiger partial charge is 0.319 e. The zero-order chi connectivity index (χ0) is 13.0. The van der Waals surface area contributed by atoms with E-state index >= 15 is 0 Å². The van der Waals surface area contributed by atoms with Crippen LogP contribution in [0.1, 0.15) is 28.3 Å². The molecule has 1 heterocycles. The minimum absolute atomic E-state index is 0.316. The molecule has 0 fully saturated rings. The lowest BCUT2D eigenvalue weighted by atomic mass is 9.90. The number of benzene rings is 1. The van der Waals surface area contributed by atoms with Gasteiger partial charge in [0, 0.05) is 24.4 Å². The summed E-state index contributed by atoms with van der Waals surface area (Å²) in [5.74, 6) is 0.316. The van der Waals surface area contributed by atoms with Gasteiger partial charge in [0.05, 0.1) is 0 Å². The standard InChI is InChI=1S/C16H20N2/c1-12-7-8-14(13(2)10-12)15(11-17-3)16-6-4-5-9-18-16/h4-10,15,17H,11H2,1-3H3. The molecule has 1 atom stereocenters. The highest BCUT2D eigenvalue weighted by Gasteiger charge is 2.16. The number of rotatable bonds is 4. The zero-order valence-corrected chi connectivity index (χ0v) is 11.3. The van der Waals surface area contributed by atoms with Gasteiger partial charge in [0.15, 0.2) is 0 Å². The lowest BCUT2D eigenvalue weighted by Crippen LogP contribution is -2.20. The molecule has 1 aromatic heterocycles. The van der Waals surface area contributed by atoms with Gasteiger partial charge in [-0.25, -0.2) is 0 Å². The van der Waals surface area contributed by atoms with Crippen molar-refractivity contribution in [1.82, 2.24) is 10.3 Å². The van der Waals surface area contributed by atoms with Gasteiger partial charge in [0.2, 0.25) is 0 Å². The first-order chi connectivity index (χ1) is 8.72. The molecule has 0 bridgehead atoms. The van der Waals surface area contributed by atoms with Gasteiger partial charge in [-0.05, 0) is 44.2 Å². The van der Waals surface area contributed by atoms with Crippen LogP contribution in [0.3, 0.4) is 0 Å². The molecule has 2 nitrogen and oxygen atoms in total. The summed E-state index contributed by atoms with van der Waals surface area (Å²) in [5, 5.41) is 3.27. The monoisotopic (exact) mass is 240 g/mol. The zero-order valence-electron chi connectivity index (χ0n) is 11.3. The van der Waals surface area contributed by atoms with Crippen molar-refractivity contribution in [2.45, 2.75) is 19.8 Å². The van der Waals surface area contributed by atoms with Crippen LogP contribution >= 0.6 is 0 Å². The smallest absolute Gasteiger partial charge is 0.0491 e. The first kappa shape index (κ1) is 12.8. The van der Waals surface area contributed by atoms with E-state index in [-0.39, 0.29) is 0 Å². The maximum Gasteiger partial charge on any atom is 0.0491 e. The molecule has 0 aliphatic heterocycles. The van der Waals surface area contributed by atoms with Crippen molar-refractivity contribution in [3.63, 3.8) is 0 Å². The fraction of sp³-hybridized carbons (Fsp3) is 0.312. The third-order valence-corrected chi connectivity index (χ3v) is 3.25. The highest BCUT2D eigenvalue weighted by Crippen LogP contribution is 2.25. The van der Waals surface area contributed by atoms with E-state index in [9.17, 15) is 0 Å². The van der Waals surface area contributed by atoms with Crippen molar-refractivity contribution < 1.29 is 0 Å². The Hall–Kier alpha value is -1.67. The van der Waals surface area contributed by atoms with E-state index in [2.05, 4.69) is 54.5 Å². The molecule has 0 saturated heterocycles. The quantitative estimate of drug-likeness (QED) is 0.888. The van der Waals surface area contributed by atoms with Gasteiger partial charge in [0.1, 0.15) is 0 Å². The number of aromatic nitrogens is 1. The predicted octanol–water partition coefficient (Wildman–Crippen LogP) is 3.05. The molecule has 18 heavy (non-hydrogen) atoms. The van der Waals surface area contributed by atoms with Crippen LogP contribution in [0.25, 0.3) is 0 Å². The molecule has 2 heteroatoms. The van der Waals surface area contributed by atoms with Crippen molar-refractivity contribution in [2.75, 3.05) is 13.6 Å². The SMILES string of the molecule is CNCC(c1ccccn1)c1ccc(C)cc1C. The normalized spacial score (nSPS) is 12.4. The Morgan fingerprint density at radius 2 is 2.00 bits per heavy atom. The molecule has 0 aliphatic rings. The third kappa shape index (κ3) is 2.77. The summed E-state index contributed by atoms with van der Waals surface area (Å²) < 4.78 is 0. The van der Waals surface area contributed by atoms with E-state index in [1.807, 2.05) is 19.3 Å². The second-order valence-electron chi connectivity index (χ2n) is 4.72. The van der Waals surface area contributed by atoms with Crippen molar-refractivity contribution in [3.8, 4) is 0 Å². The minimum atomic E-state index is 0.316. The molecular formula is C16H20N2. The van der Waals surface area contributed by atoms with E-state index in [0.717, 1.165) is 12.2 Å². The Morgan fingerprint density at radius 3 is 2.61 bits per heavy atom. The average molecular weight is 240 g/mol. The highest BCUT2D eigenvalue weighted by molar-refractivity contribution is 5.37. The molecule has 0 radical (unpaired) electrons. The molecule has 1 aromatic carbocycles.